The fraction of sp³-hybridized carbons (Fsp3) is 1.00. The summed E-state index contributed by atoms with van der Waals surface area (Å²) in [6.45, 7) is 6.33. The summed E-state index contributed by atoms with van der Waals surface area (Å²) in [4.78, 5) is 0. The van der Waals surface area contributed by atoms with E-state index in [4.69, 9.17) is 4.74 Å². The van der Waals surface area contributed by atoms with Gasteiger partial charge in [-0.05, 0) is 51.6 Å². The summed E-state index contributed by atoms with van der Waals surface area (Å²) in [7, 11) is 0. The Kier molecular flexibility index (Phi) is 6.21. The van der Waals surface area contributed by atoms with Gasteiger partial charge in [0, 0.05) is 13.2 Å². The fourth-order valence-corrected chi connectivity index (χ4v) is 1.96. The van der Waals surface area contributed by atoms with Gasteiger partial charge in [-0.3, -0.25) is 0 Å². The van der Waals surface area contributed by atoms with E-state index in [0.717, 1.165) is 19.1 Å². The summed E-state index contributed by atoms with van der Waals surface area (Å²) in [5, 5.41) is 3.50. The van der Waals surface area contributed by atoms with Crippen molar-refractivity contribution >= 4 is 0 Å². The van der Waals surface area contributed by atoms with Crippen LogP contribution in [-0.4, -0.2) is 26.3 Å². The van der Waals surface area contributed by atoms with Crippen LogP contribution in [0.1, 0.15) is 39.0 Å². The third-order valence-electron chi connectivity index (χ3n) is 2.75. The molecule has 1 aliphatic rings. The van der Waals surface area contributed by atoms with Crippen molar-refractivity contribution < 1.29 is 4.74 Å². The average Bonchev–Trinajstić information content (AvgIpc) is 2.41. The van der Waals surface area contributed by atoms with E-state index in [0.29, 0.717) is 0 Å². The summed E-state index contributed by atoms with van der Waals surface area (Å²) in [5.74, 6) is 0.906. The van der Waals surface area contributed by atoms with E-state index in [1.165, 1.54) is 45.2 Å². The average molecular weight is 185 g/mol. The van der Waals surface area contributed by atoms with E-state index in [1.807, 2.05) is 0 Å². The highest BCUT2D eigenvalue weighted by atomic mass is 16.5. The second kappa shape index (κ2) is 7.34. The van der Waals surface area contributed by atoms with Crippen molar-refractivity contribution in [3.63, 3.8) is 0 Å². The Morgan fingerprint density at radius 3 is 3.15 bits per heavy atom. The second-order valence-electron chi connectivity index (χ2n) is 3.91. The lowest BCUT2D eigenvalue weighted by Crippen LogP contribution is -2.20. The molecule has 0 aromatic carbocycles. The molecular weight excluding hydrogens is 162 g/mol. The predicted octanol–water partition coefficient (Wildman–Crippen LogP) is 2.19. The van der Waals surface area contributed by atoms with Gasteiger partial charge in [-0.15, -0.1) is 0 Å². The van der Waals surface area contributed by atoms with Gasteiger partial charge in [-0.1, -0.05) is 6.42 Å². The van der Waals surface area contributed by atoms with Gasteiger partial charge in [0.2, 0.25) is 0 Å². The lowest BCUT2D eigenvalue weighted by Gasteiger charge is -2.13. The van der Waals surface area contributed by atoms with Gasteiger partial charge in [0.05, 0.1) is 0 Å². The van der Waals surface area contributed by atoms with Gasteiger partial charge in [-0.25, -0.2) is 0 Å². The molecule has 1 rings (SSSR count). The highest BCUT2D eigenvalue weighted by molar-refractivity contribution is 4.67. The van der Waals surface area contributed by atoms with Gasteiger partial charge in [-0.2, -0.15) is 0 Å². The Labute approximate surface area is 82.0 Å². The van der Waals surface area contributed by atoms with Crippen LogP contribution < -0.4 is 5.32 Å². The standard InChI is InChI=1S/C11H23NO/c1-2-13-9-5-7-11-6-3-4-8-12-10-11/h11-12H,2-10H2,1H3. The van der Waals surface area contributed by atoms with Crippen molar-refractivity contribution in [1.82, 2.24) is 5.32 Å². The van der Waals surface area contributed by atoms with Crippen LogP contribution in [0.15, 0.2) is 0 Å². The first-order chi connectivity index (χ1) is 6.43. The number of nitrogens with one attached hydrogen (secondary N) is 1. The van der Waals surface area contributed by atoms with Crippen LogP contribution in [0.25, 0.3) is 0 Å². The van der Waals surface area contributed by atoms with Crippen molar-refractivity contribution in [3.05, 3.63) is 0 Å². The van der Waals surface area contributed by atoms with Crippen LogP contribution in [0.3, 0.4) is 0 Å². The number of hydrogen-bond donors (Lipinski definition) is 1. The van der Waals surface area contributed by atoms with Crippen molar-refractivity contribution in [2.75, 3.05) is 26.3 Å². The maximum atomic E-state index is 5.34. The molecule has 1 unspecified atom stereocenters. The zero-order valence-corrected chi connectivity index (χ0v) is 8.85. The highest BCUT2D eigenvalue weighted by Gasteiger charge is 2.10. The molecule has 1 heterocycles. The van der Waals surface area contributed by atoms with Crippen molar-refractivity contribution in [1.29, 1.82) is 0 Å². The molecule has 1 atom stereocenters. The topological polar surface area (TPSA) is 21.3 Å². The minimum absolute atomic E-state index is 0.864. The second-order valence-corrected chi connectivity index (χ2v) is 3.91. The van der Waals surface area contributed by atoms with E-state index < -0.39 is 0 Å². The normalized spacial score (nSPS) is 24.2. The van der Waals surface area contributed by atoms with E-state index >= 15 is 0 Å². The lowest BCUT2D eigenvalue weighted by atomic mass is 9.98. The van der Waals surface area contributed by atoms with Crippen molar-refractivity contribution in [2.24, 2.45) is 5.92 Å². The molecule has 2 nitrogen and oxygen atoms in total. The third kappa shape index (κ3) is 5.27. The van der Waals surface area contributed by atoms with E-state index in [9.17, 15) is 0 Å². The summed E-state index contributed by atoms with van der Waals surface area (Å²) in [6.07, 6.45) is 6.76. The predicted molar refractivity (Wildman–Crippen MR) is 55.9 cm³/mol. The molecule has 1 saturated heterocycles. The molecule has 1 N–H and O–H groups in total. The monoisotopic (exact) mass is 185 g/mol. The summed E-state index contributed by atoms with van der Waals surface area (Å²) >= 11 is 0. The zero-order chi connectivity index (χ0) is 9.36. The molecular formula is C11H23NO. The molecule has 0 aromatic heterocycles. The maximum absolute atomic E-state index is 5.34. The Morgan fingerprint density at radius 1 is 1.38 bits per heavy atom. The molecule has 13 heavy (non-hydrogen) atoms. The molecule has 78 valence electrons. The largest absolute Gasteiger partial charge is 0.382 e. The van der Waals surface area contributed by atoms with E-state index in [-0.39, 0.29) is 0 Å². The van der Waals surface area contributed by atoms with Gasteiger partial charge in [0.15, 0.2) is 0 Å². The third-order valence-corrected chi connectivity index (χ3v) is 2.75. The molecule has 0 saturated carbocycles. The molecule has 1 fully saturated rings. The first kappa shape index (κ1) is 11.0. The number of rotatable bonds is 5. The minimum Gasteiger partial charge on any atom is -0.382 e. The molecule has 0 bridgehead atoms. The molecule has 0 aliphatic carbocycles. The molecule has 0 aromatic rings. The highest BCUT2D eigenvalue weighted by Crippen LogP contribution is 2.16. The van der Waals surface area contributed by atoms with Gasteiger partial charge in [0.1, 0.15) is 0 Å². The molecule has 1 aliphatic heterocycles. The van der Waals surface area contributed by atoms with Gasteiger partial charge >= 0.3 is 0 Å². The summed E-state index contributed by atoms with van der Waals surface area (Å²) < 4.78 is 5.34. The first-order valence-corrected chi connectivity index (χ1v) is 5.72. The molecule has 0 spiro atoms. The van der Waals surface area contributed by atoms with Crippen molar-refractivity contribution in [2.45, 2.75) is 39.0 Å². The molecule has 0 radical (unpaired) electrons. The van der Waals surface area contributed by atoms with Crippen LogP contribution in [0.4, 0.5) is 0 Å². The van der Waals surface area contributed by atoms with Crippen LogP contribution in [0, 0.1) is 5.92 Å². The summed E-state index contributed by atoms with van der Waals surface area (Å²) in [5.41, 5.74) is 0. The maximum Gasteiger partial charge on any atom is 0.0466 e. The fourth-order valence-electron chi connectivity index (χ4n) is 1.96. The van der Waals surface area contributed by atoms with Crippen molar-refractivity contribution in [3.8, 4) is 0 Å². The lowest BCUT2D eigenvalue weighted by molar-refractivity contribution is 0.139. The zero-order valence-electron chi connectivity index (χ0n) is 8.85. The SMILES string of the molecule is CCOCCCC1CCCCNC1. The van der Waals surface area contributed by atoms with Crippen LogP contribution in [0.5, 0.6) is 0 Å². The quantitative estimate of drug-likeness (QED) is 0.663. The molecule has 0 amide bonds. The Hall–Kier alpha value is -0.0800. The summed E-state index contributed by atoms with van der Waals surface area (Å²) in [6, 6.07) is 0. The first-order valence-electron chi connectivity index (χ1n) is 5.72. The minimum atomic E-state index is 0.864. The van der Waals surface area contributed by atoms with Gasteiger partial charge < -0.3 is 10.1 Å². The van der Waals surface area contributed by atoms with Crippen LogP contribution in [-0.2, 0) is 4.74 Å². The Morgan fingerprint density at radius 2 is 2.31 bits per heavy atom. The Bertz CT molecular complexity index is 109. The number of ether oxygens (including phenoxy) is 1. The Balaban J connectivity index is 1.98. The number of hydrogen-bond acceptors (Lipinski definition) is 2. The molecule has 2 heteroatoms. The smallest absolute Gasteiger partial charge is 0.0466 e. The van der Waals surface area contributed by atoms with E-state index in [2.05, 4.69) is 12.2 Å². The van der Waals surface area contributed by atoms with Crippen LogP contribution in [0.2, 0.25) is 0 Å². The van der Waals surface area contributed by atoms with Crippen LogP contribution >= 0.6 is 0 Å². The van der Waals surface area contributed by atoms with Gasteiger partial charge in [0.25, 0.3) is 0 Å². The van der Waals surface area contributed by atoms with E-state index in [1.54, 1.807) is 0 Å².